The molecule has 1 aliphatic rings. The Morgan fingerprint density at radius 1 is 1.67 bits per heavy atom. The van der Waals surface area contributed by atoms with E-state index in [1.807, 2.05) is 13.8 Å². The van der Waals surface area contributed by atoms with E-state index in [1.165, 1.54) is 0 Å². The van der Waals surface area contributed by atoms with Gasteiger partial charge in [0.1, 0.15) is 0 Å². The van der Waals surface area contributed by atoms with Gasteiger partial charge in [-0.3, -0.25) is 4.79 Å². The van der Waals surface area contributed by atoms with Gasteiger partial charge < -0.3 is 9.64 Å². The minimum atomic E-state index is 0.0138. The first kappa shape index (κ1) is 12.1. The molecule has 1 amide bonds. The molecule has 1 fully saturated rings. The summed E-state index contributed by atoms with van der Waals surface area (Å²) in [6, 6.07) is 0. The molecule has 0 radical (unpaired) electrons. The minimum absolute atomic E-state index is 0.0138. The van der Waals surface area contributed by atoms with Crippen molar-refractivity contribution < 1.29 is 9.53 Å². The van der Waals surface area contributed by atoms with E-state index in [2.05, 4.69) is 5.92 Å². The van der Waals surface area contributed by atoms with Gasteiger partial charge in [-0.2, -0.15) is 0 Å². The lowest BCUT2D eigenvalue weighted by atomic mass is 10.0. The summed E-state index contributed by atoms with van der Waals surface area (Å²) in [5.41, 5.74) is 0. The molecule has 0 aromatic carbocycles. The van der Waals surface area contributed by atoms with E-state index in [9.17, 15) is 4.79 Å². The molecule has 0 aromatic rings. The van der Waals surface area contributed by atoms with Gasteiger partial charge in [0.25, 0.3) is 0 Å². The highest BCUT2D eigenvalue weighted by molar-refractivity contribution is 5.79. The predicted molar refractivity (Wildman–Crippen MR) is 59.2 cm³/mol. The molecule has 3 nitrogen and oxygen atoms in total. The molecule has 1 aliphatic heterocycles. The molecule has 84 valence electrons. The molecular weight excluding hydrogens is 190 g/mol. The van der Waals surface area contributed by atoms with Crippen LogP contribution in [-0.2, 0) is 9.53 Å². The van der Waals surface area contributed by atoms with E-state index in [0.29, 0.717) is 13.2 Å². The van der Waals surface area contributed by atoms with Crippen LogP contribution in [0.3, 0.4) is 0 Å². The maximum atomic E-state index is 12.0. The standard InChI is InChI=1S/C12H19NO2/c1-4-6-13(7-5-2)12(14)11-8-10(3)15-9-11/h1,10-11H,5-9H2,2-3H3. The Kier molecular flexibility index (Phi) is 4.64. The number of ether oxygens (including phenoxy) is 1. The van der Waals surface area contributed by atoms with E-state index < -0.39 is 0 Å². The van der Waals surface area contributed by atoms with Crippen LogP contribution < -0.4 is 0 Å². The zero-order chi connectivity index (χ0) is 11.3. The van der Waals surface area contributed by atoms with Crippen molar-refractivity contribution in [1.29, 1.82) is 0 Å². The lowest BCUT2D eigenvalue weighted by Gasteiger charge is -2.22. The smallest absolute Gasteiger partial charge is 0.228 e. The summed E-state index contributed by atoms with van der Waals surface area (Å²) in [4.78, 5) is 13.8. The summed E-state index contributed by atoms with van der Waals surface area (Å²) in [7, 11) is 0. The van der Waals surface area contributed by atoms with E-state index in [-0.39, 0.29) is 17.9 Å². The SMILES string of the molecule is C#CCN(CCC)C(=O)C1COC(C)C1. The van der Waals surface area contributed by atoms with Gasteiger partial charge in [0.2, 0.25) is 5.91 Å². The van der Waals surface area contributed by atoms with Crippen LogP contribution in [0.2, 0.25) is 0 Å². The topological polar surface area (TPSA) is 29.5 Å². The van der Waals surface area contributed by atoms with Crippen molar-refractivity contribution in [1.82, 2.24) is 4.90 Å². The number of amides is 1. The summed E-state index contributed by atoms with van der Waals surface area (Å²) < 4.78 is 5.39. The Morgan fingerprint density at radius 3 is 2.87 bits per heavy atom. The van der Waals surface area contributed by atoms with E-state index in [1.54, 1.807) is 4.90 Å². The van der Waals surface area contributed by atoms with Crippen molar-refractivity contribution in [3.05, 3.63) is 0 Å². The highest BCUT2D eigenvalue weighted by Crippen LogP contribution is 2.21. The van der Waals surface area contributed by atoms with Crippen LogP contribution >= 0.6 is 0 Å². The Bertz CT molecular complexity index is 257. The second-order valence-electron chi connectivity index (χ2n) is 4.04. The normalized spacial score (nSPS) is 24.9. The summed E-state index contributed by atoms with van der Waals surface area (Å²) in [5.74, 6) is 2.70. The summed E-state index contributed by atoms with van der Waals surface area (Å²) in [5, 5.41) is 0. The van der Waals surface area contributed by atoms with Gasteiger partial charge in [-0.25, -0.2) is 0 Å². The summed E-state index contributed by atoms with van der Waals surface area (Å²) in [6.45, 7) is 5.75. The van der Waals surface area contributed by atoms with Crippen molar-refractivity contribution in [2.45, 2.75) is 32.8 Å². The molecule has 1 heterocycles. The van der Waals surface area contributed by atoms with Crippen LogP contribution in [0, 0.1) is 18.3 Å². The van der Waals surface area contributed by atoms with Crippen molar-refractivity contribution in [3.63, 3.8) is 0 Å². The molecule has 0 N–H and O–H groups in total. The van der Waals surface area contributed by atoms with Gasteiger partial charge in [0, 0.05) is 6.54 Å². The minimum Gasteiger partial charge on any atom is -0.378 e. The molecule has 0 bridgehead atoms. The van der Waals surface area contributed by atoms with Gasteiger partial charge in [-0.05, 0) is 19.8 Å². The number of terminal acetylenes is 1. The van der Waals surface area contributed by atoms with Gasteiger partial charge in [-0.1, -0.05) is 12.8 Å². The van der Waals surface area contributed by atoms with Crippen molar-refractivity contribution in [2.24, 2.45) is 5.92 Å². The Hall–Kier alpha value is -1.01. The summed E-state index contributed by atoms with van der Waals surface area (Å²) in [6.07, 6.45) is 7.21. The average molecular weight is 209 g/mol. The van der Waals surface area contributed by atoms with Crippen molar-refractivity contribution in [2.75, 3.05) is 19.7 Å². The number of nitrogens with zero attached hydrogens (tertiary/aromatic N) is 1. The molecule has 0 aromatic heterocycles. The molecular formula is C12H19NO2. The quantitative estimate of drug-likeness (QED) is 0.653. The zero-order valence-corrected chi connectivity index (χ0v) is 9.53. The first-order valence-corrected chi connectivity index (χ1v) is 5.52. The van der Waals surface area contributed by atoms with Crippen LogP contribution in [0.15, 0.2) is 0 Å². The number of rotatable bonds is 4. The monoisotopic (exact) mass is 209 g/mol. The maximum Gasteiger partial charge on any atom is 0.228 e. The lowest BCUT2D eigenvalue weighted by molar-refractivity contribution is -0.134. The third-order valence-corrected chi connectivity index (χ3v) is 2.63. The lowest BCUT2D eigenvalue weighted by Crippen LogP contribution is -2.37. The van der Waals surface area contributed by atoms with E-state index in [4.69, 9.17) is 11.2 Å². The van der Waals surface area contributed by atoms with Crippen LogP contribution in [-0.4, -0.2) is 36.6 Å². The number of hydrogen-bond donors (Lipinski definition) is 0. The van der Waals surface area contributed by atoms with Gasteiger partial charge in [0.15, 0.2) is 0 Å². The third-order valence-electron chi connectivity index (χ3n) is 2.63. The number of hydrogen-bond acceptors (Lipinski definition) is 2. The second-order valence-corrected chi connectivity index (χ2v) is 4.04. The molecule has 1 saturated heterocycles. The fourth-order valence-electron chi connectivity index (χ4n) is 1.89. The zero-order valence-electron chi connectivity index (χ0n) is 9.53. The third kappa shape index (κ3) is 3.24. The highest BCUT2D eigenvalue weighted by atomic mass is 16.5. The number of carbonyl (C=O) groups is 1. The molecule has 2 unspecified atom stereocenters. The van der Waals surface area contributed by atoms with Gasteiger partial charge >= 0.3 is 0 Å². The Balaban J connectivity index is 2.52. The molecule has 15 heavy (non-hydrogen) atoms. The second kappa shape index (κ2) is 5.77. The molecule has 0 aliphatic carbocycles. The maximum absolute atomic E-state index is 12.0. The average Bonchev–Trinajstić information content (AvgIpc) is 2.63. The summed E-state index contributed by atoms with van der Waals surface area (Å²) >= 11 is 0. The molecule has 1 rings (SSSR count). The molecule has 0 saturated carbocycles. The van der Waals surface area contributed by atoms with E-state index in [0.717, 1.165) is 19.4 Å². The van der Waals surface area contributed by atoms with Crippen LogP contribution in [0.5, 0.6) is 0 Å². The highest BCUT2D eigenvalue weighted by Gasteiger charge is 2.30. The van der Waals surface area contributed by atoms with Gasteiger partial charge in [0.05, 0.1) is 25.2 Å². The fourth-order valence-corrected chi connectivity index (χ4v) is 1.89. The number of carbonyl (C=O) groups excluding carboxylic acids is 1. The predicted octanol–water partition coefficient (Wildman–Crippen LogP) is 1.28. The molecule has 0 spiro atoms. The van der Waals surface area contributed by atoms with Crippen molar-refractivity contribution >= 4 is 5.91 Å². The first-order chi connectivity index (χ1) is 7.19. The largest absolute Gasteiger partial charge is 0.378 e. The fraction of sp³-hybridized carbons (Fsp3) is 0.750. The first-order valence-electron chi connectivity index (χ1n) is 5.52. The van der Waals surface area contributed by atoms with Crippen LogP contribution in [0.1, 0.15) is 26.7 Å². The molecule has 2 atom stereocenters. The Morgan fingerprint density at radius 2 is 2.40 bits per heavy atom. The van der Waals surface area contributed by atoms with E-state index >= 15 is 0 Å². The molecule has 3 heteroatoms. The Labute approximate surface area is 91.8 Å². The van der Waals surface area contributed by atoms with Crippen LogP contribution in [0.25, 0.3) is 0 Å². The van der Waals surface area contributed by atoms with Crippen molar-refractivity contribution in [3.8, 4) is 12.3 Å². The van der Waals surface area contributed by atoms with Gasteiger partial charge in [-0.15, -0.1) is 6.42 Å². The van der Waals surface area contributed by atoms with Crippen LogP contribution in [0.4, 0.5) is 0 Å².